The smallest absolute Gasteiger partial charge is 0.254 e. The van der Waals surface area contributed by atoms with E-state index in [1.165, 1.54) is 12.8 Å². The van der Waals surface area contributed by atoms with E-state index in [4.69, 9.17) is 9.47 Å². The molecule has 0 bridgehead atoms. The monoisotopic (exact) mass is 375 g/mol. The molecule has 0 spiro atoms. The molecular weight excluding hydrogens is 342 g/mol. The number of hydrogen-bond acceptors (Lipinski definition) is 5. The maximum atomic E-state index is 12.8. The molecule has 0 saturated carbocycles. The van der Waals surface area contributed by atoms with Gasteiger partial charge in [0.1, 0.15) is 5.82 Å². The first-order valence-corrected chi connectivity index (χ1v) is 10.3. The SMILES string of the molecule is CCCC[C@@H]1CN(c2cc(C(=O)N3CCOCC3)ccn2)C[C@H](C(C)C)O1. The second-order valence-corrected chi connectivity index (χ2v) is 7.90. The summed E-state index contributed by atoms with van der Waals surface area (Å²) in [7, 11) is 0. The number of carbonyl (C=O) groups is 1. The Morgan fingerprint density at radius 2 is 2.07 bits per heavy atom. The molecule has 1 aromatic rings. The Balaban J connectivity index is 1.74. The zero-order chi connectivity index (χ0) is 19.2. The summed E-state index contributed by atoms with van der Waals surface area (Å²) < 4.78 is 11.7. The average Bonchev–Trinajstić information content (AvgIpc) is 2.72. The van der Waals surface area contributed by atoms with Crippen LogP contribution in [0.1, 0.15) is 50.4 Å². The maximum Gasteiger partial charge on any atom is 0.254 e. The van der Waals surface area contributed by atoms with E-state index in [2.05, 4.69) is 30.7 Å². The molecule has 1 amide bonds. The fraction of sp³-hybridized carbons (Fsp3) is 0.714. The van der Waals surface area contributed by atoms with Gasteiger partial charge in [0, 0.05) is 37.9 Å². The first-order chi connectivity index (χ1) is 13.1. The van der Waals surface area contributed by atoms with E-state index in [9.17, 15) is 4.79 Å². The molecule has 27 heavy (non-hydrogen) atoms. The molecule has 1 aromatic heterocycles. The molecule has 2 saturated heterocycles. The molecule has 150 valence electrons. The van der Waals surface area contributed by atoms with Crippen LogP contribution in [-0.2, 0) is 9.47 Å². The molecule has 6 heteroatoms. The van der Waals surface area contributed by atoms with Crippen LogP contribution in [0.15, 0.2) is 18.3 Å². The van der Waals surface area contributed by atoms with Crippen LogP contribution in [-0.4, -0.2) is 67.4 Å². The Morgan fingerprint density at radius 3 is 2.78 bits per heavy atom. The van der Waals surface area contributed by atoms with Gasteiger partial charge in [-0.2, -0.15) is 0 Å². The quantitative estimate of drug-likeness (QED) is 0.765. The van der Waals surface area contributed by atoms with Gasteiger partial charge in [-0.25, -0.2) is 4.98 Å². The minimum atomic E-state index is 0.0677. The van der Waals surface area contributed by atoms with Crippen molar-refractivity contribution in [3.63, 3.8) is 0 Å². The van der Waals surface area contributed by atoms with Crippen molar-refractivity contribution in [2.45, 2.75) is 52.2 Å². The van der Waals surface area contributed by atoms with E-state index in [1.54, 1.807) is 6.20 Å². The minimum Gasteiger partial charge on any atom is -0.378 e. The number of anilines is 1. The molecule has 2 aliphatic heterocycles. The second kappa shape index (κ2) is 9.51. The lowest BCUT2D eigenvalue weighted by Crippen LogP contribution is -2.50. The number of ether oxygens (including phenoxy) is 2. The lowest BCUT2D eigenvalue weighted by Gasteiger charge is -2.40. The fourth-order valence-corrected chi connectivity index (χ4v) is 3.69. The molecule has 0 N–H and O–H groups in total. The number of aromatic nitrogens is 1. The van der Waals surface area contributed by atoms with E-state index in [1.807, 2.05) is 17.0 Å². The zero-order valence-corrected chi connectivity index (χ0v) is 16.9. The topological polar surface area (TPSA) is 54.9 Å². The highest BCUT2D eigenvalue weighted by Crippen LogP contribution is 2.25. The summed E-state index contributed by atoms with van der Waals surface area (Å²) in [6.07, 6.45) is 5.60. The van der Waals surface area contributed by atoms with Crippen LogP contribution in [0.4, 0.5) is 5.82 Å². The van der Waals surface area contributed by atoms with Gasteiger partial charge in [0.05, 0.1) is 25.4 Å². The second-order valence-electron chi connectivity index (χ2n) is 7.90. The molecule has 2 fully saturated rings. The highest BCUT2D eigenvalue weighted by molar-refractivity contribution is 5.94. The number of amides is 1. The molecular formula is C21H33N3O3. The van der Waals surface area contributed by atoms with Gasteiger partial charge >= 0.3 is 0 Å². The van der Waals surface area contributed by atoms with Gasteiger partial charge in [-0.1, -0.05) is 33.6 Å². The maximum absolute atomic E-state index is 12.8. The first-order valence-electron chi connectivity index (χ1n) is 10.3. The van der Waals surface area contributed by atoms with Gasteiger partial charge in [0.25, 0.3) is 5.91 Å². The predicted molar refractivity (Wildman–Crippen MR) is 106 cm³/mol. The van der Waals surface area contributed by atoms with Gasteiger partial charge in [-0.3, -0.25) is 4.79 Å². The van der Waals surface area contributed by atoms with Crippen LogP contribution in [0.5, 0.6) is 0 Å². The van der Waals surface area contributed by atoms with Gasteiger partial charge in [-0.15, -0.1) is 0 Å². The number of nitrogens with zero attached hydrogens (tertiary/aromatic N) is 3. The minimum absolute atomic E-state index is 0.0677. The summed E-state index contributed by atoms with van der Waals surface area (Å²) in [6, 6.07) is 3.76. The number of rotatable bonds is 6. The first kappa shape index (κ1) is 20.1. The molecule has 2 aliphatic rings. The van der Waals surface area contributed by atoms with E-state index in [0.29, 0.717) is 37.8 Å². The normalized spacial score (nSPS) is 23.7. The lowest BCUT2D eigenvalue weighted by molar-refractivity contribution is -0.0521. The number of morpholine rings is 2. The third-order valence-electron chi connectivity index (χ3n) is 5.43. The van der Waals surface area contributed by atoms with E-state index in [0.717, 1.165) is 25.3 Å². The van der Waals surface area contributed by atoms with Crippen molar-refractivity contribution in [1.82, 2.24) is 9.88 Å². The number of unbranched alkanes of at least 4 members (excludes halogenated alkanes) is 1. The average molecular weight is 376 g/mol. The molecule has 3 heterocycles. The summed E-state index contributed by atoms with van der Waals surface area (Å²) >= 11 is 0. The Hall–Kier alpha value is -1.66. The van der Waals surface area contributed by atoms with Crippen molar-refractivity contribution in [2.24, 2.45) is 5.92 Å². The summed E-state index contributed by atoms with van der Waals surface area (Å²) in [5.41, 5.74) is 0.708. The fourth-order valence-electron chi connectivity index (χ4n) is 3.69. The summed E-state index contributed by atoms with van der Waals surface area (Å²) in [5, 5.41) is 0. The Kier molecular flexibility index (Phi) is 7.07. The molecule has 3 rings (SSSR count). The zero-order valence-electron chi connectivity index (χ0n) is 16.9. The number of hydrogen-bond donors (Lipinski definition) is 0. The molecule has 0 unspecified atom stereocenters. The van der Waals surface area contributed by atoms with Gasteiger partial charge < -0.3 is 19.3 Å². The summed E-state index contributed by atoms with van der Waals surface area (Å²) in [4.78, 5) is 21.5. The van der Waals surface area contributed by atoms with Crippen molar-refractivity contribution in [1.29, 1.82) is 0 Å². The van der Waals surface area contributed by atoms with Crippen molar-refractivity contribution in [3.05, 3.63) is 23.9 Å². The van der Waals surface area contributed by atoms with Crippen LogP contribution >= 0.6 is 0 Å². The highest BCUT2D eigenvalue weighted by atomic mass is 16.5. The standard InChI is InChI=1S/C21H33N3O3/c1-4-5-6-18-14-24(15-19(27-18)16(2)3)20-13-17(7-8-22-20)21(25)23-9-11-26-12-10-23/h7-8,13,16,18-19H,4-6,9-12,14-15H2,1-3H3/t18-,19-/m1/s1. The lowest BCUT2D eigenvalue weighted by atomic mass is 10.0. The van der Waals surface area contributed by atoms with E-state index < -0.39 is 0 Å². The van der Waals surface area contributed by atoms with Crippen LogP contribution in [0.3, 0.4) is 0 Å². The summed E-state index contributed by atoms with van der Waals surface area (Å²) in [5.74, 6) is 1.40. The third-order valence-corrected chi connectivity index (χ3v) is 5.43. The van der Waals surface area contributed by atoms with Gasteiger partial charge in [0.15, 0.2) is 0 Å². The van der Waals surface area contributed by atoms with Crippen molar-refractivity contribution < 1.29 is 14.3 Å². The Labute approximate surface area is 162 Å². The predicted octanol–water partition coefficient (Wildman–Crippen LogP) is 2.97. The van der Waals surface area contributed by atoms with Gasteiger partial charge in [0.2, 0.25) is 0 Å². The van der Waals surface area contributed by atoms with E-state index >= 15 is 0 Å². The summed E-state index contributed by atoms with van der Waals surface area (Å²) in [6.45, 7) is 10.8. The molecule has 2 atom stereocenters. The molecule has 0 radical (unpaired) electrons. The molecule has 0 aromatic carbocycles. The van der Waals surface area contributed by atoms with Crippen LogP contribution in [0.25, 0.3) is 0 Å². The number of carbonyl (C=O) groups excluding carboxylic acids is 1. The van der Waals surface area contributed by atoms with E-state index in [-0.39, 0.29) is 18.1 Å². The van der Waals surface area contributed by atoms with Gasteiger partial charge in [-0.05, 0) is 24.5 Å². The third kappa shape index (κ3) is 5.20. The molecule has 6 nitrogen and oxygen atoms in total. The van der Waals surface area contributed by atoms with Crippen molar-refractivity contribution in [3.8, 4) is 0 Å². The van der Waals surface area contributed by atoms with Crippen LogP contribution in [0.2, 0.25) is 0 Å². The van der Waals surface area contributed by atoms with Crippen LogP contribution < -0.4 is 4.90 Å². The van der Waals surface area contributed by atoms with Crippen molar-refractivity contribution >= 4 is 11.7 Å². The number of pyridine rings is 1. The van der Waals surface area contributed by atoms with Crippen LogP contribution in [0, 0.1) is 5.92 Å². The Morgan fingerprint density at radius 1 is 1.30 bits per heavy atom. The Bertz CT molecular complexity index is 616. The largest absolute Gasteiger partial charge is 0.378 e. The molecule has 0 aliphatic carbocycles. The van der Waals surface area contributed by atoms with Crippen molar-refractivity contribution in [2.75, 3.05) is 44.3 Å². The highest BCUT2D eigenvalue weighted by Gasteiger charge is 2.30.